The monoisotopic (exact) mass is 699 g/mol. The van der Waals surface area contributed by atoms with Crippen LogP contribution in [0.2, 0.25) is 0 Å². The first-order valence-electron chi connectivity index (χ1n) is 18.0. The number of halogens is 1. The van der Waals surface area contributed by atoms with Crippen LogP contribution in [0.4, 0.5) is 4.48 Å². The van der Waals surface area contributed by atoms with Gasteiger partial charge in [0.2, 0.25) is 0 Å². The summed E-state index contributed by atoms with van der Waals surface area (Å²) in [6.45, 7) is 19.0. The second-order valence-electron chi connectivity index (χ2n) is 13.5. The molecule has 5 nitrogen and oxygen atoms in total. The third-order valence-corrected chi connectivity index (χ3v) is 8.95. The number of unbranched alkanes of at least 4 members (excludes halogenated alkanes) is 1. The summed E-state index contributed by atoms with van der Waals surface area (Å²) in [6, 6.07) is 17.3. The summed E-state index contributed by atoms with van der Waals surface area (Å²) in [7, 11) is 3.99. The van der Waals surface area contributed by atoms with E-state index in [0.29, 0.717) is 5.12 Å². The molecule has 0 saturated carbocycles. The number of thiol groups is 1. The highest BCUT2D eigenvalue weighted by Gasteiger charge is 2.26. The van der Waals surface area contributed by atoms with Gasteiger partial charge in [0.25, 0.3) is 0 Å². The predicted octanol–water partition coefficient (Wildman–Crippen LogP) is 10.9. The van der Waals surface area contributed by atoms with Gasteiger partial charge in [0.1, 0.15) is 0 Å². The molecule has 0 spiro atoms. The average molecular weight is 700 g/mol. The van der Waals surface area contributed by atoms with Gasteiger partial charge in [-0.15, -0.1) is 16.8 Å². The molecule has 1 N–H and O–H groups in total. The lowest BCUT2D eigenvalue weighted by molar-refractivity contribution is 0.0807. The Balaban J connectivity index is 0.000000763. The number of rotatable bonds is 16. The molecule has 0 aliphatic heterocycles. The molecule has 0 bridgehead atoms. The van der Waals surface area contributed by atoms with Gasteiger partial charge in [-0.2, -0.15) is 12.6 Å². The lowest BCUT2D eigenvalue weighted by Crippen LogP contribution is -2.31. The molecule has 7 heteroatoms. The summed E-state index contributed by atoms with van der Waals surface area (Å²) >= 11 is 3.53. The predicted molar refractivity (Wildman–Crippen MR) is 219 cm³/mol. The number of terminal acetylenes is 1. The Morgan fingerprint density at radius 3 is 2.44 bits per heavy atom. The van der Waals surface area contributed by atoms with Gasteiger partial charge in [-0.1, -0.05) is 70.9 Å². The molecular weight excluding hydrogens is 638 g/mol. The van der Waals surface area contributed by atoms with Crippen molar-refractivity contribution in [1.29, 1.82) is 0 Å². The van der Waals surface area contributed by atoms with Crippen LogP contribution in [-0.4, -0.2) is 46.6 Å². The van der Waals surface area contributed by atoms with Gasteiger partial charge in [-0.05, 0) is 111 Å². The molecule has 4 aromatic rings. The average Bonchev–Trinajstić information content (AvgIpc) is 3.42. The molecule has 4 rings (SSSR count). The van der Waals surface area contributed by atoms with E-state index in [4.69, 9.17) is 11.4 Å². The highest BCUT2D eigenvalue weighted by Crippen LogP contribution is 2.41. The van der Waals surface area contributed by atoms with Crippen LogP contribution in [0, 0.1) is 24.7 Å². The fourth-order valence-electron chi connectivity index (χ4n) is 6.35. The number of nitrogens with one attached hydrogen (secondary N) is 1. The summed E-state index contributed by atoms with van der Waals surface area (Å²) in [5, 5.41) is 3.97. The van der Waals surface area contributed by atoms with Crippen molar-refractivity contribution < 1.29 is 4.48 Å². The molecule has 0 amide bonds. The van der Waals surface area contributed by atoms with E-state index in [9.17, 15) is 4.48 Å². The fourth-order valence-corrected chi connectivity index (χ4v) is 6.35. The van der Waals surface area contributed by atoms with Crippen LogP contribution in [0.25, 0.3) is 33.3 Å². The minimum Gasteiger partial charge on any atom is -0.340 e. The summed E-state index contributed by atoms with van der Waals surface area (Å²) in [6.07, 6.45) is 17.6. The van der Waals surface area contributed by atoms with Gasteiger partial charge in [-0.25, -0.2) is 10.1 Å². The first-order valence-corrected chi connectivity index (χ1v) is 18.9. The molecule has 2 aromatic heterocycles. The summed E-state index contributed by atoms with van der Waals surface area (Å²) in [4.78, 5) is 4.81. The van der Waals surface area contributed by atoms with Crippen molar-refractivity contribution in [2.45, 2.75) is 99.6 Å². The number of aryl methyl sites for hydroxylation is 3. The Morgan fingerprint density at radius 1 is 1.08 bits per heavy atom. The van der Waals surface area contributed by atoms with Crippen molar-refractivity contribution >= 4 is 23.5 Å². The van der Waals surface area contributed by atoms with Crippen LogP contribution in [0.5, 0.6) is 0 Å². The standard InChI is InChI=1S/C36H42FN3.C6H16N2.CH4S/c1-8-12-18-36(6,7)24-32-31-23-28(29-21-26(5)20-27(22-29)25-39(37)10-3)16-17-34(31)40(11-4)35(32)30-15-13-19-38-33(30)14-9-2;1-4-5-6-8(3)7-2;1-2/h1,10,13,15-17,19-23H,3,9,11-12,14,18,24-25H2,2,4-7H3;7H,4-6H2,1-3H3;2H,1H3. The van der Waals surface area contributed by atoms with Gasteiger partial charge in [0, 0.05) is 61.1 Å². The summed E-state index contributed by atoms with van der Waals surface area (Å²) in [5.74, 6) is 2.84. The van der Waals surface area contributed by atoms with E-state index in [1.807, 2.05) is 19.3 Å². The van der Waals surface area contributed by atoms with E-state index >= 15 is 0 Å². The fraction of sp³-hybridized carbons (Fsp3) is 0.465. The van der Waals surface area contributed by atoms with Crippen LogP contribution in [-0.2, 0) is 25.9 Å². The molecule has 50 heavy (non-hydrogen) atoms. The normalized spacial score (nSPS) is 11.0. The lowest BCUT2D eigenvalue weighted by Gasteiger charge is -2.25. The van der Waals surface area contributed by atoms with Crippen molar-refractivity contribution in [2.75, 3.05) is 26.9 Å². The van der Waals surface area contributed by atoms with Gasteiger partial charge >= 0.3 is 0 Å². The van der Waals surface area contributed by atoms with Crippen LogP contribution < -0.4 is 5.43 Å². The molecule has 0 unspecified atom stereocenters. The van der Waals surface area contributed by atoms with E-state index in [1.54, 1.807) is 6.26 Å². The number of hydrogen-bond donors (Lipinski definition) is 2. The summed E-state index contributed by atoms with van der Waals surface area (Å²) in [5.41, 5.74) is 13.5. The van der Waals surface area contributed by atoms with Gasteiger partial charge < -0.3 is 4.57 Å². The number of benzene rings is 2. The van der Waals surface area contributed by atoms with Crippen LogP contribution in [0.3, 0.4) is 0 Å². The second kappa shape index (κ2) is 21.6. The van der Waals surface area contributed by atoms with E-state index in [-0.39, 0.29) is 12.0 Å². The molecule has 0 radical (unpaired) electrons. The van der Waals surface area contributed by atoms with Crippen molar-refractivity contribution in [3.8, 4) is 34.7 Å². The Morgan fingerprint density at radius 2 is 1.82 bits per heavy atom. The van der Waals surface area contributed by atoms with Crippen molar-refractivity contribution in [1.82, 2.24) is 25.1 Å². The zero-order chi connectivity index (χ0) is 37.3. The Hall–Kier alpha value is -3.57. The van der Waals surface area contributed by atoms with E-state index < -0.39 is 0 Å². The molecule has 0 atom stereocenters. The Labute approximate surface area is 308 Å². The SMILES string of the molecule is C#CCCC(C)(C)Cc1c(-c2cccnc2CCC)n(CC)c2ccc(-c3cc(C)cc(CN(F)C=C)c3)cc12.CCCCN(C)NC.CS. The van der Waals surface area contributed by atoms with Gasteiger partial charge in [0.15, 0.2) is 0 Å². The molecule has 0 aliphatic rings. The molecule has 0 saturated heterocycles. The molecule has 2 heterocycles. The summed E-state index contributed by atoms with van der Waals surface area (Å²) < 4.78 is 16.5. The van der Waals surface area contributed by atoms with E-state index in [1.165, 1.54) is 46.8 Å². The Bertz CT molecular complexity index is 1670. The van der Waals surface area contributed by atoms with Crippen LogP contribution >= 0.6 is 12.6 Å². The number of fused-ring (bicyclic) bond motifs is 1. The molecule has 272 valence electrons. The topological polar surface area (TPSA) is 36.3 Å². The maximum atomic E-state index is 14.0. The van der Waals surface area contributed by atoms with E-state index in [2.05, 4.69) is 131 Å². The first-order chi connectivity index (χ1) is 24.0. The minimum atomic E-state index is 0.0306. The number of aromatic nitrogens is 2. The number of hydrazine groups is 1. The molecule has 0 aliphatic carbocycles. The molecule has 2 aromatic carbocycles. The second-order valence-corrected chi connectivity index (χ2v) is 13.5. The maximum Gasteiger partial charge on any atom is 0.0749 e. The van der Waals surface area contributed by atoms with Gasteiger partial charge in [0.05, 0.1) is 12.2 Å². The number of hydrogen-bond acceptors (Lipinski definition) is 5. The minimum absolute atomic E-state index is 0.0306. The first kappa shape index (κ1) is 42.6. The smallest absolute Gasteiger partial charge is 0.0749 e. The van der Waals surface area contributed by atoms with Crippen molar-refractivity contribution in [2.24, 2.45) is 5.41 Å². The van der Waals surface area contributed by atoms with Crippen LogP contribution in [0.15, 0.2) is 67.5 Å². The maximum absolute atomic E-state index is 14.0. The third kappa shape index (κ3) is 12.0. The van der Waals surface area contributed by atoms with Crippen molar-refractivity contribution in [3.63, 3.8) is 0 Å². The molecule has 0 fully saturated rings. The zero-order valence-electron chi connectivity index (χ0n) is 32.2. The lowest BCUT2D eigenvalue weighted by atomic mass is 9.80. The number of nitrogens with zero attached hydrogens (tertiary/aromatic N) is 4. The highest BCUT2D eigenvalue weighted by molar-refractivity contribution is 7.79. The highest BCUT2D eigenvalue weighted by atomic mass is 32.1. The van der Waals surface area contributed by atoms with Gasteiger partial charge in [-0.3, -0.25) is 10.4 Å². The quantitative estimate of drug-likeness (QED) is 0.0528. The zero-order valence-corrected chi connectivity index (χ0v) is 33.1. The van der Waals surface area contributed by atoms with E-state index in [0.717, 1.165) is 73.1 Å². The van der Waals surface area contributed by atoms with Crippen molar-refractivity contribution in [3.05, 3.63) is 89.9 Å². The Kier molecular flexibility index (Phi) is 18.4. The third-order valence-electron chi connectivity index (χ3n) is 8.95. The number of pyridine rings is 1. The van der Waals surface area contributed by atoms with Crippen LogP contribution in [0.1, 0.15) is 89.1 Å². The largest absolute Gasteiger partial charge is 0.340 e. The molecular formula is C43H62FN5S.